The third-order valence-electron chi connectivity index (χ3n) is 1.39. The zero-order chi connectivity index (χ0) is 6.53. The maximum Gasteiger partial charge on any atom is 0.205 e. The van der Waals surface area contributed by atoms with Crippen LogP contribution in [0.3, 0.4) is 0 Å². The van der Waals surface area contributed by atoms with E-state index >= 15 is 0 Å². The van der Waals surface area contributed by atoms with Crippen LogP contribution in [0.2, 0.25) is 0 Å². The molecule has 0 aliphatic heterocycles. The molecule has 0 N–H and O–H groups in total. The lowest BCUT2D eigenvalue weighted by Gasteiger charge is -1.95. The average Bonchev–Trinajstić information content (AvgIpc) is 2.13. The van der Waals surface area contributed by atoms with Crippen LogP contribution < -0.4 is 0 Å². The standard InChI is InChI=1S/C8H9O/c9-7-8-5-3-1-2-4-6-8/h1-3,5,8H,4,6H2. The van der Waals surface area contributed by atoms with E-state index in [2.05, 4.69) is 6.08 Å². The third kappa shape index (κ3) is 1.84. The summed E-state index contributed by atoms with van der Waals surface area (Å²) >= 11 is 0. The van der Waals surface area contributed by atoms with Gasteiger partial charge in [0.15, 0.2) is 0 Å². The first-order valence-corrected chi connectivity index (χ1v) is 3.14. The minimum Gasteiger partial charge on any atom is -0.290 e. The molecule has 47 valence electrons. The number of hydrogen-bond donors (Lipinski definition) is 0. The van der Waals surface area contributed by atoms with Crippen molar-refractivity contribution in [3.05, 3.63) is 24.3 Å². The number of carbonyl (C=O) groups excluding carboxylic acids is 1. The lowest BCUT2D eigenvalue weighted by Crippen LogP contribution is -1.94. The zero-order valence-corrected chi connectivity index (χ0v) is 5.21. The second kappa shape index (κ2) is 3.23. The SMILES string of the molecule is O=[C]C1C=CC=CCC1. The lowest BCUT2D eigenvalue weighted by atomic mass is 10.1. The van der Waals surface area contributed by atoms with E-state index in [4.69, 9.17) is 0 Å². The van der Waals surface area contributed by atoms with Crippen LogP contribution in [0.1, 0.15) is 12.8 Å². The normalized spacial score (nSPS) is 25.6. The molecule has 0 saturated heterocycles. The molecule has 0 aromatic carbocycles. The molecule has 1 heteroatoms. The van der Waals surface area contributed by atoms with Gasteiger partial charge in [-0.3, -0.25) is 4.79 Å². The summed E-state index contributed by atoms with van der Waals surface area (Å²) in [6.45, 7) is 0. The molecule has 1 unspecified atom stereocenters. The molecule has 1 aliphatic carbocycles. The molecular formula is C8H9O. The second-order valence-electron chi connectivity index (χ2n) is 2.11. The van der Waals surface area contributed by atoms with E-state index in [-0.39, 0.29) is 5.92 Å². The van der Waals surface area contributed by atoms with Crippen LogP contribution in [0.5, 0.6) is 0 Å². The molecule has 0 aromatic rings. The van der Waals surface area contributed by atoms with Gasteiger partial charge in [0.1, 0.15) is 0 Å². The maximum atomic E-state index is 10.1. The summed E-state index contributed by atoms with van der Waals surface area (Å²) in [5.41, 5.74) is 0. The summed E-state index contributed by atoms with van der Waals surface area (Å²) < 4.78 is 0. The van der Waals surface area contributed by atoms with Gasteiger partial charge >= 0.3 is 0 Å². The molecule has 0 heterocycles. The van der Waals surface area contributed by atoms with E-state index in [1.807, 2.05) is 24.5 Å². The van der Waals surface area contributed by atoms with Crippen molar-refractivity contribution in [3.8, 4) is 0 Å². The van der Waals surface area contributed by atoms with Gasteiger partial charge in [-0.05, 0) is 12.8 Å². The van der Waals surface area contributed by atoms with Crippen molar-refractivity contribution in [2.45, 2.75) is 12.8 Å². The minimum absolute atomic E-state index is 0.0278. The Balaban J connectivity index is 2.50. The van der Waals surface area contributed by atoms with Crippen LogP contribution in [0, 0.1) is 5.92 Å². The van der Waals surface area contributed by atoms with Gasteiger partial charge in [-0.2, -0.15) is 0 Å². The van der Waals surface area contributed by atoms with Gasteiger partial charge in [-0.15, -0.1) is 0 Å². The first-order chi connectivity index (χ1) is 4.43. The molecule has 0 fully saturated rings. The molecule has 1 radical (unpaired) electrons. The molecule has 1 rings (SSSR count). The Hall–Kier alpha value is -0.850. The fraction of sp³-hybridized carbons (Fsp3) is 0.375. The third-order valence-corrected chi connectivity index (χ3v) is 1.39. The van der Waals surface area contributed by atoms with Crippen LogP contribution in [0.4, 0.5) is 0 Å². The van der Waals surface area contributed by atoms with E-state index < -0.39 is 0 Å². The van der Waals surface area contributed by atoms with Gasteiger partial charge in [-0.25, -0.2) is 0 Å². The van der Waals surface area contributed by atoms with Crippen molar-refractivity contribution in [2.75, 3.05) is 0 Å². The predicted octanol–water partition coefficient (Wildman–Crippen LogP) is 1.62. The Labute approximate surface area is 55.1 Å². The van der Waals surface area contributed by atoms with E-state index in [1.54, 1.807) is 0 Å². The van der Waals surface area contributed by atoms with Gasteiger partial charge in [-0.1, -0.05) is 24.3 Å². The number of allylic oxidation sites excluding steroid dienone is 4. The summed E-state index contributed by atoms with van der Waals surface area (Å²) in [6, 6.07) is 0. The highest BCUT2D eigenvalue weighted by atomic mass is 16.1. The van der Waals surface area contributed by atoms with Gasteiger partial charge < -0.3 is 0 Å². The van der Waals surface area contributed by atoms with Crippen molar-refractivity contribution in [1.29, 1.82) is 0 Å². The average molecular weight is 121 g/mol. The highest BCUT2D eigenvalue weighted by Gasteiger charge is 2.02. The van der Waals surface area contributed by atoms with Gasteiger partial charge in [0.05, 0.1) is 0 Å². The first-order valence-electron chi connectivity index (χ1n) is 3.14. The van der Waals surface area contributed by atoms with E-state index in [1.165, 1.54) is 0 Å². The molecule has 1 atom stereocenters. The Morgan fingerprint density at radius 1 is 1.44 bits per heavy atom. The minimum atomic E-state index is 0.0278. The summed E-state index contributed by atoms with van der Waals surface area (Å²) in [7, 11) is 0. The van der Waals surface area contributed by atoms with Crippen molar-refractivity contribution in [3.63, 3.8) is 0 Å². The Morgan fingerprint density at radius 2 is 2.33 bits per heavy atom. The maximum absolute atomic E-state index is 10.1. The van der Waals surface area contributed by atoms with E-state index in [9.17, 15) is 4.79 Å². The largest absolute Gasteiger partial charge is 0.290 e. The molecule has 0 saturated carbocycles. The number of hydrogen-bond acceptors (Lipinski definition) is 1. The van der Waals surface area contributed by atoms with Crippen LogP contribution in [-0.4, -0.2) is 6.29 Å². The fourth-order valence-corrected chi connectivity index (χ4v) is 0.843. The van der Waals surface area contributed by atoms with Crippen LogP contribution in [0.15, 0.2) is 24.3 Å². The summed E-state index contributed by atoms with van der Waals surface area (Å²) in [4.78, 5) is 10.1. The van der Waals surface area contributed by atoms with Crippen LogP contribution in [0.25, 0.3) is 0 Å². The number of rotatable bonds is 1. The summed E-state index contributed by atoms with van der Waals surface area (Å²) in [6.07, 6.45) is 11.7. The topological polar surface area (TPSA) is 17.1 Å². The van der Waals surface area contributed by atoms with Gasteiger partial charge in [0.2, 0.25) is 6.29 Å². The monoisotopic (exact) mass is 121 g/mol. The smallest absolute Gasteiger partial charge is 0.205 e. The van der Waals surface area contributed by atoms with E-state index in [0.717, 1.165) is 12.8 Å². The highest BCUT2D eigenvalue weighted by Crippen LogP contribution is 2.09. The lowest BCUT2D eigenvalue weighted by molar-refractivity contribution is 0.532. The molecule has 1 aliphatic rings. The van der Waals surface area contributed by atoms with Crippen molar-refractivity contribution in [1.82, 2.24) is 0 Å². The first kappa shape index (κ1) is 6.27. The molecule has 9 heavy (non-hydrogen) atoms. The molecule has 1 nitrogen and oxygen atoms in total. The zero-order valence-electron chi connectivity index (χ0n) is 5.21. The quantitative estimate of drug-likeness (QED) is 0.515. The highest BCUT2D eigenvalue weighted by molar-refractivity contribution is 5.57. The van der Waals surface area contributed by atoms with Gasteiger partial charge in [0, 0.05) is 5.92 Å². The molecule has 0 bridgehead atoms. The second-order valence-corrected chi connectivity index (χ2v) is 2.11. The molecular weight excluding hydrogens is 112 g/mol. The molecule has 0 spiro atoms. The van der Waals surface area contributed by atoms with Crippen molar-refractivity contribution in [2.24, 2.45) is 5.92 Å². The predicted molar refractivity (Wildman–Crippen MR) is 36.7 cm³/mol. The Morgan fingerprint density at radius 3 is 3.11 bits per heavy atom. The fourth-order valence-electron chi connectivity index (χ4n) is 0.843. The van der Waals surface area contributed by atoms with Crippen molar-refractivity contribution < 1.29 is 4.79 Å². The summed E-state index contributed by atoms with van der Waals surface area (Å²) in [5, 5.41) is 0. The molecule has 0 amide bonds. The van der Waals surface area contributed by atoms with Crippen molar-refractivity contribution >= 4 is 6.29 Å². The van der Waals surface area contributed by atoms with Gasteiger partial charge in [0.25, 0.3) is 0 Å². The van der Waals surface area contributed by atoms with Crippen LogP contribution >= 0.6 is 0 Å². The Kier molecular flexibility index (Phi) is 2.25. The van der Waals surface area contributed by atoms with Crippen LogP contribution in [-0.2, 0) is 4.79 Å². The molecule has 0 aromatic heterocycles. The summed E-state index contributed by atoms with van der Waals surface area (Å²) in [5.74, 6) is 0.0278. The van der Waals surface area contributed by atoms with E-state index in [0.29, 0.717) is 0 Å². The Bertz CT molecular complexity index is 145.